The summed E-state index contributed by atoms with van der Waals surface area (Å²) in [6.07, 6.45) is 3.75. The molecule has 0 radical (unpaired) electrons. The Hall–Kier alpha value is -2.08. The summed E-state index contributed by atoms with van der Waals surface area (Å²) in [5.41, 5.74) is 6.63. The number of ether oxygens (including phenoxy) is 2. The van der Waals surface area contributed by atoms with Crippen LogP contribution in [0.15, 0.2) is 18.5 Å². The second kappa shape index (κ2) is 6.13. The molecule has 1 aromatic heterocycles. The van der Waals surface area contributed by atoms with Gasteiger partial charge in [0.15, 0.2) is 11.5 Å². The highest BCUT2D eigenvalue weighted by atomic mass is 16.5. The molecule has 0 saturated carbocycles. The van der Waals surface area contributed by atoms with Crippen LogP contribution in [0.2, 0.25) is 0 Å². The van der Waals surface area contributed by atoms with Crippen molar-refractivity contribution in [1.29, 1.82) is 0 Å². The van der Waals surface area contributed by atoms with Gasteiger partial charge in [-0.15, -0.1) is 0 Å². The third kappa shape index (κ3) is 3.00. The van der Waals surface area contributed by atoms with E-state index in [1.165, 1.54) is 6.33 Å². The van der Waals surface area contributed by atoms with E-state index in [1.54, 1.807) is 7.11 Å². The number of rotatable bonds is 4. The normalized spacial score (nSPS) is 16.0. The fourth-order valence-electron chi connectivity index (χ4n) is 2.61. The Balaban J connectivity index is 1.83. The van der Waals surface area contributed by atoms with Crippen LogP contribution >= 0.6 is 0 Å². The maximum absolute atomic E-state index is 5.96. The maximum Gasteiger partial charge on any atom is 0.163 e. The minimum absolute atomic E-state index is 0.447. The number of hydrogen-bond donors (Lipinski definition) is 2. The van der Waals surface area contributed by atoms with Crippen molar-refractivity contribution in [3.63, 3.8) is 0 Å². The Bertz CT molecular complexity index is 626. The van der Waals surface area contributed by atoms with Crippen LogP contribution in [0, 0.1) is 5.92 Å². The van der Waals surface area contributed by atoms with Gasteiger partial charge in [-0.2, -0.15) is 0 Å². The van der Waals surface area contributed by atoms with E-state index in [9.17, 15) is 0 Å². The molecule has 0 atom stereocenters. The molecule has 1 saturated heterocycles. The van der Waals surface area contributed by atoms with Crippen LogP contribution in [0.1, 0.15) is 12.8 Å². The molecule has 2 aromatic rings. The molecule has 1 aliphatic heterocycles. The van der Waals surface area contributed by atoms with Gasteiger partial charge in [0.25, 0.3) is 0 Å². The third-order valence-corrected chi connectivity index (χ3v) is 3.88. The lowest BCUT2D eigenvalue weighted by molar-refractivity contribution is 0.208. The summed E-state index contributed by atoms with van der Waals surface area (Å²) in [5, 5.41) is 4.14. The molecule has 0 aliphatic carbocycles. The molecule has 1 aromatic carbocycles. The molecule has 0 unspecified atom stereocenters. The topological polar surface area (TPSA) is 82.3 Å². The van der Waals surface area contributed by atoms with Crippen LogP contribution in [0.25, 0.3) is 10.9 Å². The summed E-state index contributed by atoms with van der Waals surface area (Å²) in [4.78, 5) is 8.23. The molecule has 0 spiro atoms. The molecule has 6 nitrogen and oxygen atoms in total. The first kappa shape index (κ1) is 13.9. The van der Waals surface area contributed by atoms with Crippen molar-refractivity contribution < 1.29 is 9.47 Å². The largest absolute Gasteiger partial charge is 0.493 e. The number of hydrogen-bond acceptors (Lipinski definition) is 6. The minimum Gasteiger partial charge on any atom is -0.493 e. The van der Waals surface area contributed by atoms with Crippen LogP contribution < -0.4 is 20.5 Å². The molecule has 0 amide bonds. The lowest BCUT2D eigenvalue weighted by atomic mass is 9.99. The zero-order valence-corrected chi connectivity index (χ0v) is 12.1. The van der Waals surface area contributed by atoms with Crippen LogP contribution in [-0.4, -0.2) is 36.8 Å². The zero-order valence-electron chi connectivity index (χ0n) is 12.1. The fraction of sp³-hybridized carbons (Fsp3) is 0.467. The molecule has 1 aliphatic rings. The van der Waals surface area contributed by atoms with E-state index < -0.39 is 0 Å². The average molecular weight is 288 g/mol. The van der Waals surface area contributed by atoms with Gasteiger partial charge in [0.1, 0.15) is 12.1 Å². The monoisotopic (exact) mass is 288 g/mol. The van der Waals surface area contributed by atoms with Crippen molar-refractivity contribution in [3.8, 4) is 11.5 Å². The summed E-state index contributed by atoms with van der Waals surface area (Å²) < 4.78 is 11.4. The van der Waals surface area contributed by atoms with Crippen molar-refractivity contribution in [2.75, 3.05) is 32.5 Å². The number of nitrogen functional groups attached to an aromatic ring is 1. The second-order valence-corrected chi connectivity index (χ2v) is 5.28. The van der Waals surface area contributed by atoms with Crippen LogP contribution in [0.5, 0.6) is 11.5 Å². The molecular formula is C15H20N4O2. The molecule has 0 bridgehead atoms. The lowest BCUT2D eigenvalue weighted by Crippen LogP contribution is -2.30. The summed E-state index contributed by atoms with van der Waals surface area (Å²) in [6.45, 7) is 2.82. The number of aromatic nitrogens is 2. The van der Waals surface area contributed by atoms with E-state index in [-0.39, 0.29) is 0 Å². The molecule has 2 heterocycles. The Morgan fingerprint density at radius 3 is 2.81 bits per heavy atom. The highest BCUT2D eigenvalue weighted by Gasteiger charge is 2.16. The van der Waals surface area contributed by atoms with E-state index in [0.717, 1.165) is 36.8 Å². The summed E-state index contributed by atoms with van der Waals surface area (Å²) in [6, 6.07) is 3.70. The van der Waals surface area contributed by atoms with Gasteiger partial charge in [-0.3, -0.25) is 0 Å². The number of nitrogens with zero attached hydrogens (tertiary/aromatic N) is 2. The summed E-state index contributed by atoms with van der Waals surface area (Å²) >= 11 is 0. The van der Waals surface area contributed by atoms with E-state index in [4.69, 9.17) is 15.2 Å². The van der Waals surface area contributed by atoms with Crippen molar-refractivity contribution in [2.45, 2.75) is 12.8 Å². The summed E-state index contributed by atoms with van der Waals surface area (Å²) in [5.74, 6) is 2.41. The second-order valence-electron chi connectivity index (χ2n) is 5.28. The number of methoxy groups -OCH3 is 1. The van der Waals surface area contributed by atoms with Gasteiger partial charge in [-0.05, 0) is 37.9 Å². The number of anilines is 1. The van der Waals surface area contributed by atoms with Gasteiger partial charge in [-0.1, -0.05) is 0 Å². The first-order chi connectivity index (χ1) is 10.3. The quantitative estimate of drug-likeness (QED) is 0.889. The molecule has 3 rings (SSSR count). The first-order valence-corrected chi connectivity index (χ1v) is 7.19. The van der Waals surface area contributed by atoms with Gasteiger partial charge in [0.05, 0.1) is 19.2 Å². The SMILES string of the molecule is COc1cc2c(N)ncnc2cc1OCC1CCNCC1. The van der Waals surface area contributed by atoms with Gasteiger partial charge in [-0.25, -0.2) is 9.97 Å². The fourth-order valence-corrected chi connectivity index (χ4v) is 2.61. The molecule has 6 heteroatoms. The number of benzene rings is 1. The van der Waals surface area contributed by atoms with E-state index in [2.05, 4.69) is 15.3 Å². The predicted molar refractivity (Wildman–Crippen MR) is 81.6 cm³/mol. The standard InChI is InChI=1S/C15H20N4O2/c1-20-13-6-11-12(18-9-19-15(11)16)7-14(13)21-8-10-2-4-17-5-3-10/h6-7,9-10,17H,2-5,8H2,1H3,(H2,16,18,19). The highest BCUT2D eigenvalue weighted by Crippen LogP contribution is 2.33. The molecular weight excluding hydrogens is 268 g/mol. The molecule has 112 valence electrons. The highest BCUT2D eigenvalue weighted by molar-refractivity contribution is 5.90. The first-order valence-electron chi connectivity index (χ1n) is 7.19. The average Bonchev–Trinajstić information content (AvgIpc) is 2.53. The van der Waals surface area contributed by atoms with E-state index in [1.807, 2.05) is 12.1 Å². The van der Waals surface area contributed by atoms with E-state index >= 15 is 0 Å². The lowest BCUT2D eigenvalue weighted by Gasteiger charge is -2.23. The molecule has 1 fully saturated rings. The van der Waals surface area contributed by atoms with Gasteiger partial charge in [0.2, 0.25) is 0 Å². The van der Waals surface area contributed by atoms with Gasteiger partial charge < -0.3 is 20.5 Å². The van der Waals surface area contributed by atoms with Crippen molar-refractivity contribution in [2.24, 2.45) is 5.92 Å². The Labute approximate surface area is 123 Å². The van der Waals surface area contributed by atoms with E-state index in [0.29, 0.717) is 29.8 Å². The van der Waals surface area contributed by atoms with Crippen LogP contribution in [0.4, 0.5) is 5.82 Å². The number of fused-ring (bicyclic) bond motifs is 1. The van der Waals surface area contributed by atoms with Crippen molar-refractivity contribution in [1.82, 2.24) is 15.3 Å². The van der Waals surface area contributed by atoms with Crippen LogP contribution in [0.3, 0.4) is 0 Å². The van der Waals surface area contributed by atoms with Crippen LogP contribution in [-0.2, 0) is 0 Å². The summed E-state index contributed by atoms with van der Waals surface area (Å²) in [7, 11) is 1.62. The number of nitrogens with two attached hydrogens (primary N) is 1. The van der Waals surface area contributed by atoms with Crippen molar-refractivity contribution in [3.05, 3.63) is 18.5 Å². The molecule has 3 N–H and O–H groups in total. The Kier molecular flexibility index (Phi) is 4.06. The maximum atomic E-state index is 5.96. The Morgan fingerprint density at radius 1 is 1.24 bits per heavy atom. The predicted octanol–water partition coefficient (Wildman–Crippen LogP) is 1.60. The number of nitrogens with one attached hydrogen (secondary N) is 1. The zero-order chi connectivity index (χ0) is 14.7. The third-order valence-electron chi connectivity index (χ3n) is 3.88. The number of piperidine rings is 1. The molecule has 21 heavy (non-hydrogen) atoms. The Morgan fingerprint density at radius 2 is 2.05 bits per heavy atom. The van der Waals surface area contributed by atoms with Gasteiger partial charge >= 0.3 is 0 Å². The van der Waals surface area contributed by atoms with Crippen molar-refractivity contribution >= 4 is 16.7 Å². The van der Waals surface area contributed by atoms with Gasteiger partial charge in [0, 0.05) is 11.5 Å². The minimum atomic E-state index is 0.447. The smallest absolute Gasteiger partial charge is 0.163 e.